The molecule has 2 N–H and O–H groups in total. The van der Waals surface area contributed by atoms with Crippen LogP contribution in [-0.2, 0) is 25.2 Å². The summed E-state index contributed by atoms with van der Waals surface area (Å²) in [6.07, 6.45) is 0. The molecule has 0 bridgehead atoms. The maximum atomic E-state index is 12.8. The molecule has 1 aliphatic heterocycles. The van der Waals surface area contributed by atoms with Gasteiger partial charge in [0.1, 0.15) is 5.54 Å². The molecule has 1 aliphatic rings. The molecule has 2 aromatic rings. The predicted octanol–water partition coefficient (Wildman–Crippen LogP) is 1.42. The zero-order chi connectivity index (χ0) is 23.0. The first-order valence-corrected chi connectivity index (χ1v) is 11.0. The summed E-state index contributed by atoms with van der Waals surface area (Å²) in [6.45, 7) is 4.62. The smallest absolute Gasteiger partial charge is 0.318 e. The van der Waals surface area contributed by atoms with Gasteiger partial charge in [0.25, 0.3) is 11.8 Å². The van der Waals surface area contributed by atoms with Crippen LogP contribution < -0.4 is 10.7 Å². The molecule has 0 radical (unpaired) electrons. The summed E-state index contributed by atoms with van der Waals surface area (Å²) in [5.74, 6) is -1.49. The van der Waals surface area contributed by atoms with Crippen molar-refractivity contribution >= 4 is 27.9 Å². The average Bonchev–Trinajstić information content (AvgIpc) is 2.94. The molecule has 2 aromatic carbocycles. The van der Waals surface area contributed by atoms with E-state index in [1.807, 2.05) is 6.92 Å². The van der Waals surface area contributed by atoms with Gasteiger partial charge >= 0.3 is 6.03 Å². The number of nitrogens with zero attached hydrogens (tertiary/aromatic N) is 2. The van der Waals surface area contributed by atoms with Gasteiger partial charge in [0.2, 0.25) is 10.0 Å². The minimum absolute atomic E-state index is 0.0533. The van der Waals surface area contributed by atoms with Crippen molar-refractivity contribution in [3.8, 4) is 0 Å². The van der Waals surface area contributed by atoms with Crippen molar-refractivity contribution in [2.24, 2.45) is 0 Å². The molecule has 9 nitrogen and oxygen atoms in total. The number of hydrogen-bond donors (Lipinski definition) is 2. The number of sulfonamides is 1. The molecule has 1 saturated heterocycles. The van der Waals surface area contributed by atoms with Crippen LogP contribution in [0.4, 0.5) is 4.79 Å². The van der Waals surface area contributed by atoms with Gasteiger partial charge in [0, 0.05) is 7.05 Å². The lowest BCUT2D eigenvalue weighted by atomic mass is 9.92. The van der Waals surface area contributed by atoms with Crippen molar-refractivity contribution in [2.45, 2.75) is 31.2 Å². The van der Waals surface area contributed by atoms with Crippen molar-refractivity contribution in [2.75, 3.05) is 13.6 Å². The van der Waals surface area contributed by atoms with Gasteiger partial charge in [-0.25, -0.2) is 13.2 Å². The minimum Gasteiger partial charge on any atom is -0.318 e. The van der Waals surface area contributed by atoms with E-state index in [9.17, 15) is 22.8 Å². The number of rotatable bonds is 6. The first-order chi connectivity index (χ1) is 14.5. The fraction of sp³-hybridized carbons (Fsp3) is 0.286. The second-order valence-electron chi connectivity index (χ2n) is 7.60. The number of hydrazine groups is 1. The standard InChI is InChI=1S/C21H24N4O5S/c1-14-10-11-17(12-15(14)2)31(29,30)24(4)13-18(26)23-25-19(27)21(3,22-20(25)28)16-8-6-5-7-9-16/h5-12H,13H2,1-4H3,(H,22,28)(H,23,26). The quantitative estimate of drug-likeness (QED) is 0.654. The highest BCUT2D eigenvalue weighted by atomic mass is 32.2. The van der Waals surface area contributed by atoms with Crippen molar-refractivity contribution in [1.29, 1.82) is 0 Å². The third-order valence-corrected chi connectivity index (χ3v) is 7.13. The lowest BCUT2D eigenvalue weighted by Gasteiger charge is -2.22. The highest BCUT2D eigenvalue weighted by molar-refractivity contribution is 7.89. The van der Waals surface area contributed by atoms with E-state index in [1.165, 1.54) is 26.1 Å². The Balaban J connectivity index is 1.72. The number of carbonyl (C=O) groups excluding carboxylic acids is 3. The van der Waals surface area contributed by atoms with Crippen molar-refractivity contribution < 1.29 is 22.8 Å². The molecule has 1 heterocycles. The Hall–Kier alpha value is -3.24. The molecule has 3 rings (SSSR count). The molecular weight excluding hydrogens is 420 g/mol. The van der Waals surface area contributed by atoms with E-state index in [1.54, 1.807) is 43.3 Å². The van der Waals surface area contributed by atoms with E-state index >= 15 is 0 Å². The molecule has 164 valence electrons. The number of aryl methyl sites for hydroxylation is 2. The van der Waals surface area contributed by atoms with Crippen molar-refractivity contribution in [1.82, 2.24) is 20.1 Å². The highest BCUT2D eigenvalue weighted by Gasteiger charge is 2.50. The number of likely N-dealkylation sites (N-methyl/N-ethyl adjacent to an activating group) is 1. The summed E-state index contributed by atoms with van der Waals surface area (Å²) in [5, 5.41) is 3.14. The minimum atomic E-state index is -3.93. The fourth-order valence-corrected chi connectivity index (χ4v) is 4.42. The maximum Gasteiger partial charge on any atom is 0.344 e. The normalized spacial score (nSPS) is 18.9. The molecule has 0 spiro atoms. The largest absolute Gasteiger partial charge is 0.344 e. The summed E-state index contributed by atoms with van der Waals surface area (Å²) >= 11 is 0. The highest BCUT2D eigenvalue weighted by Crippen LogP contribution is 2.27. The van der Waals surface area contributed by atoms with Crippen LogP contribution in [0.3, 0.4) is 0 Å². The van der Waals surface area contributed by atoms with Crippen LogP contribution in [0.5, 0.6) is 0 Å². The van der Waals surface area contributed by atoms with E-state index < -0.39 is 40.0 Å². The number of urea groups is 1. The SMILES string of the molecule is Cc1ccc(S(=O)(=O)N(C)CC(=O)NN2C(=O)NC(C)(c3ccccc3)C2=O)cc1C. The van der Waals surface area contributed by atoms with Gasteiger partial charge in [-0.2, -0.15) is 9.31 Å². The molecule has 0 aromatic heterocycles. The summed E-state index contributed by atoms with van der Waals surface area (Å²) in [6, 6.07) is 12.5. The Morgan fingerprint density at radius 2 is 1.74 bits per heavy atom. The van der Waals surface area contributed by atoms with Crippen LogP contribution in [0.1, 0.15) is 23.6 Å². The Kier molecular flexibility index (Phi) is 5.88. The zero-order valence-electron chi connectivity index (χ0n) is 17.7. The first kappa shape index (κ1) is 22.4. The summed E-state index contributed by atoms with van der Waals surface area (Å²) in [7, 11) is -2.68. The van der Waals surface area contributed by atoms with E-state index in [0.29, 0.717) is 10.6 Å². The molecule has 0 aliphatic carbocycles. The summed E-state index contributed by atoms with van der Waals surface area (Å²) in [4.78, 5) is 37.7. The molecule has 1 unspecified atom stereocenters. The Bertz CT molecular complexity index is 1150. The molecule has 31 heavy (non-hydrogen) atoms. The van der Waals surface area contributed by atoms with Gasteiger partial charge in [-0.05, 0) is 49.6 Å². The summed E-state index contributed by atoms with van der Waals surface area (Å²) < 4.78 is 26.4. The lowest BCUT2D eigenvalue weighted by molar-refractivity contribution is -0.138. The number of carbonyl (C=O) groups is 3. The van der Waals surface area contributed by atoms with Crippen molar-refractivity contribution in [3.05, 3.63) is 65.2 Å². The van der Waals surface area contributed by atoms with Gasteiger partial charge < -0.3 is 5.32 Å². The van der Waals surface area contributed by atoms with Crippen LogP contribution >= 0.6 is 0 Å². The monoisotopic (exact) mass is 444 g/mol. The van der Waals surface area contributed by atoms with Crippen molar-refractivity contribution in [3.63, 3.8) is 0 Å². The topological polar surface area (TPSA) is 116 Å². The first-order valence-electron chi connectivity index (χ1n) is 9.52. The maximum absolute atomic E-state index is 12.8. The van der Waals surface area contributed by atoms with Crippen LogP contribution in [0, 0.1) is 13.8 Å². The van der Waals surface area contributed by atoms with E-state index in [-0.39, 0.29) is 4.90 Å². The molecule has 1 atom stereocenters. The van der Waals surface area contributed by atoms with Crippen LogP contribution in [-0.4, -0.2) is 49.2 Å². The fourth-order valence-electron chi connectivity index (χ4n) is 3.21. The molecular formula is C21H24N4O5S. The van der Waals surface area contributed by atoms with E-state index in [0.717, 1.165) is 15.4 Å². The zero-order valence-corrected chi connectivity index (χ0v) is 18.5. The Labute approximate surface area is 181 Å². The van der Waals surface area contributed by atoms with Crippen LogP contribution in [0.25, 0.3) is 0 Å². The second kappa shape index (κ2) is 8.12. The number of imide groups is 1. The third kappa shape index (κ3) is 4.17. The summed E-state index contributed by atoms with van der Waals surface area (Å²) in [5.41, 5.74) is 3.16. The molecule has 10 heteroatoms. The predicted molar refractivity (Wildman–Crippen MR) is 113 cm³/mol. The number of benzene rings is 2. The Morgan fingerprint density at radius 3 is 2.35 bits per heavy atom. The number of hydrogen-bond acceptors (Lipinski definition) is 5. The number of amides is 4. The van der Waals surface area contributed by atoms with Gasteiger partial charge in [-0.1, -0.05) is 36.4 Å². The van der Waals surface area contributed by atoms with Crippen LogP contribution in [0.15, 0.2) is 53.4 Å². The van der Waals surface area contributed by atoms with Crippen LogP contribution in [0.2, 0.25) is 0 Å². The van der Waals surface area contributed by atoms with E-state index in [2.05, 4.69) is 10.7 Å². The second-order valence-corrected chi connectivity index (χ2v) is 9.65. The van der Waals surface area contributed by atoms with E-state index in [4.69, 9.17) is 0 Å². The molecule has 4 amide bonds. The van der Waals surface area contributed by atoms with Gasteiger partial charge in [-0.3, -0.25) is 15.0 Å². The van der Waals surface area contributed by atoms with Gasteiger partial charge in [-0.15, -0.1) is 0 Å². The molecule has 1 fully saturated rings. The van der Waals surface area contributed by atoms with Gasteiger partial charge in [0.05, 0.1) is 11.4 Å². The number of nitrogens with one attached hydrogen (secondary N) is 2. The molecule has 0 saturated carbocycles. The average molecular weight is 445 g/mol. The van der Waals surface area contributed by atoms with Gasteiger partial charge in [0.15, 0.2) is 0 Å². The lowest BCUT2D eigenvalue weighted by Crippen LogP contribution is -2.50. The Morgan fingerprint density at radius 1 is 1.10 bits per heavy atom. The third-order valence-electron chi connectivity index (χ3n) is 5.33.